The summed E-state index contributed by atoms with van der Waals surface area (Å²) in [6.07, 6.45) is 3.72. The highest BCUT2D eigenvalue weighted by Crippen LogP contribution is 2.39. The van der Waals surface area contributed by atoms with Gasteiger partial charge in [0.05, 0.1) is 4.90 Å². The number of hydrogen-bond donors (Lipinski definition) is 2. The van der Waals surface area contributed by atoms with Crippen molar-refractivity contribution in [1.29, 1.82) is 0 Å². The average Bonchev–Trinajstić information content (AvgIpc) is 2.88. The first-order valence-electron chi connectivity index (χ1n) is 12.4. The highest BCUT2D eigenvalue weighted by atomic mass is 32.2. The van der Waals surface area contributed by atoms with E-state index in [1.165, 1.54) is 34.9 Å². The third kappa shape index (κ3) is 5.15. The molecule has 2 aromatic heterocycles. The van der Waals surface area contributed by atoms with Crippen LogP contribution in [0.25, 0.3) is 5.69 Å². The van der Waals surface area contributed by atoms with E-state index in [1.807, 2.05) is 45.0 Å². The van der Waals surface area contributed by atoms with Crippen molar-refractivity contribution in [3.8, 4) is 11.4 Å². The molecular weight excluding hydrogens is 502 g/mol. The van der Waals surface area contributed by atoms with E-state index >= 15 is 0 Å². The van der Waals surface area contributed by atoms with Gasteiger partial charge in [-0.2, -0.15) is 0 Å². The van der Waals surface area contributed by atoms with Crippen LogP contribution in [0.5, 0.6) is 5.75 Å². The lowest BCUT2D eigenvalue weighted by molar-refractivity contribution is 0.455. The van der Waals surface area contributed by atoms with Gasteiger partial charge in [0.2, 0.25) is 9.84 Å². The molecular formula is C29H31N3O5S. The zero-order valence-corrected chi connectivity index (χ0v) is 22.7. The summed E-state index contributed by atoms with van der Waals surface area (Å²) < 4.78 is 28.7. The number of H-pyrrole nitrogens is 1. The van der Waals surface area contributed by atoms with Gasteiger partial charge >= 0.3 is 0 Å². The van der Waals surface area contributed by atoms with Crippen LogP contribution in [0.4, 0.5) is 11.4 Å². The van der Waals surface area contributed by atoms with Crippen LogP contribution in [0.3, 0.4) is 0 Å². The molecule has 4 aromatic rings. The molecule has 4 rings (SSSR count). The van der Waals surface area contributed by atoms with Gasteiger partial charge in [-0.05, 0) is 74.2 Å². The van der Waals surface area contributed by atoms with Gasteiger partial charge in [-0.25, -0.2) is 8.42 Å². The van der Waals surface area contributed by atoms with Gasteiger partial charge in [-0.15, -0.1) is 0 Å². The summed E-state index contributed by atoms with van der Waals surface area (Å²) in [4.78, 5) is 28.9. The van der Waals surface area contributed by atoms with Crippen LogP contribution in [-0.2, 0) is 16.3 Å². The van der Waals surface area contributed by atoms with Gasteiger partial charge in [-0.3, -0.25) is 14.2 Å². The van der Waals surface area contributed by atoms with Gasteiger partial charge in [0.1, 0.15) is 5.69 Å². The fourth-order valence-corrected chi connectivity index (χ4v) is 5.80. The standard InChI is InChI=1S/C29H31N3O5S/c1-5-6-10-24-26(31(4)22-9-7-8-19(2)17-22)27(34)28(29(35)30-24)38(36,37)23-14-12-21(13-15-23)32-18-20(3)11-16-25(32)33/h7-9,11-18H,5-6,10H2,1-4H3,(H2,30,34,35). The molecule has 0 aliphatic carbocycles. The minimum atomic E-state index is -4.41. The summed E-state index contributed by atoms with van der Waals surface area (Å²) in [5.41, 5.74) is 2.64. The number of anilines is 2. The van der Waals surface area contributed by atoms with Gasteiger partial charge < -0.3 is 15.0 Å². The lowest BCUT2D eigenvalue weighted by Gasteiger charge is -2.25. The molecule has 0 fully saturated rings. The second-order valence-corrected chi connectivity index (χ2v) is 11.3. The number of unbranched alkanes of at least 4 members (excludes halogenated alkanes) is 1. The smallest absolute Gasteiger partial charge is 0.271 e. The molecule has 0 aliphatic heterocycles. The van der Waals surface area contributed by atoms with Crippen LogP contribution in [0.2, 0.25) is 0 Å². The third-order valence-corrected chi connectivity index (χ3v) is 8.26. The predicted octanol–water partition coefficient (Wildman–Crippen LogP) is 4.79. The zero-order valence-electron chi connectivity index (χ0n) is 21.9. The Morgan fingerprint density at radius 3 is 2.34 bits per heavy atom. The second-order valence-electron chi connectivity index (χ2n) is 9.37. The first kappa shape index (κ1) is 26.9. The Kier molecular flexibility index (Phi) is 7.59. The van der Waals surface area contributed by atoms with Gasteiger partial charge in [0.15, 0.2) is 10.6 Å². The van der Waals surface area contributed by atoms with Crippen molar-refractivity contribution in [2.24, 2.45) is 0 Å². The first-order valence-corrected chi connectivity index (χ1v) is 13.9. The van der Waals surface area contributed by atoms with E-state index < -0.39 is 26.0 Å². The van der Waals surface area contributed by atoms with Gasteiger partial charge in [0, 0.05) is 36.4 Å². The normalized spacial score (nSPS) is 11.5. The summed E-state index contributed by atoms with van der Waals surface area (Å²) in [6.45, 7) is 5.79. The van der Waals surface area contributed by atoms with Crippen molar-refractivity contribution in [3.63, 3.8) is 0 Å². The Hall–Kier alpha value is -4.11. The van der Waals surface area contributed by atoms with E-state index in [9.17, 15) is 23.1 Å². The predicted molar refractivity (Wildman–Crippen MR) is 149 cm³/mol. The maximum absolute atomic E-state index is 13.7. The third-order valence-electron chi connectivity index (χ3n) is 6.45. The van der Waals surface area contributed by atoms with Crippen LogP contribution < -0.4 is 16.0 Å². The number of benzene rings is 2. The average molecular weight is 534 g/mol. The van der Waals surface area contributed by atoms with E-state index in [1.54, 1.807) is 24.2 Å². The molecule has 198 valence electrons. The molecule has 0 saturated carbocycles. The molecule has 2 aromatic carbocycles. The van der Waals surface area contributed by atoms with Crippen molar-refractivity contribution in [2.45, 2.75) is 49.8 Å². The molecule has 0 spiro atoms. The van der Waals surface area contributed by atoms with Crippen LogP contribution in [0.1, 0.15) is 36.6 Å². The molecule has 38 heavy (non-hydrogen) atoms. The van der Waals surface area contributed by atoms with E-state index in [0.717, 1.165) is 29.7 Å². The number of hydrogen-bond acceptors (Lipinski definition) is 6. The summed E-state index contributed by atoms with van der Waals surface area (Å²) >= 11 is 0. The van der Waals surface area contributed by atoms with Crippen molar-refractivity contribution in [2.75, 3.05) is 11.9 Å². The first-order chi connectivity index (χ1) is 18.0. The fraction of sp³-hybridized carbons (Fsp3) is 0.241. The summed E-state index contributed by atoms with van der Waals surface area (Å²) in [7, 11) is -2.68. The Morgan fingerprint density at radius 2 is 1.68 bits per heavy atom. The molecule has 0 radical (unpaired) electrons. The molecule has 8 nitrogen and oxygen atoms in total. The fourth-order valence-electron chi connectivity index (χ4n) is 4.42. The van der Waals surface area contributed by atoms with Gasteiger partial charge in [0.25, 0.3) is 11.1 Å². The molecule has 0 unspecified atom stereocenters. The largest absolute Gasteiger partial charge is 0.504 e. The highest BCUT2D eigenvalue weighted by molar-refractivity contribution is 7.91. The van der Waals surface area contributed by atoms with E-state index in [4.69, 9.17) is 0 Å². The summed E-state index contributed by atoms with van der Waals surface area (Å²) in [6, 6.07) is 16.3. The monoisotopic (exact) mass is 533 g/mol. The van der Waals surface area contributed by atoms with Crippen LogP contribution in [0.15, 0.2) is 86.2 Å². The maximum Gasteiger partial charge on any atom is 0.271 e. The van der Waals surface area contributed by atoms with Crippen molar-refractivity contribution >= 4 is 21.2 Å². The number of aromatic amines is 1. The molecule has 2 N–H and O–H groups in total. The number of aryl methyl sites for hydroxylation is 3. The van der Waals surface area contributed by atoms with Crippen molar-refractivity contribution < 1.29 is 13.5 Å². The minimum absolute atomic E-state index is 0.173. The molecule has 0 aliphatic rings. The van der Waals surface area contributed by atoms with E-state index in [-0.39, 0.29) is 16.1 Å². The lowest BCUT2D eigenvalue weighted by atomic mass is 10.1. The Morgan fingerprint density at radius 1 is 0.974 bits per heavy atom. The van der Waals surface area contributed by atoms with Crippen LogP contribution in [-0.4, -0.2) is 30.1 Å². The molecule has 0 saturated heterocycles. The summed E-state index contributed by atoms with van der Waals surface area (Å²) in [5, 5.41) is 11.4. The lowest BCUT2D eigenvalue weighted by Crippen LogP contribution is -2.24. The van der Waals surface area contributed by atoms with Crippen LogP contribution in [0, 0.1) is 13.8 Å². The quantitative estimate of drug-likeness (QED) is 0.337. The number of nitrogens with one attached hydrogen (secondary N) is 1. The minimum Gasteiger partial charge on any atom is -0.504 e. The number of sulfone groups is 1. The van der Waals surface area contributed by atoms with Crippen molar-refractivity contribution in [3.05, 3.63) is 104 Å². The zero-order chi connectivity index (χ0) is 27.6. The molecule has 0 bridgehead atoms. The van der Waals surface area contributed by atoms with E-state index in [0.29, 0.717) is 17.8 Å². The Labute approximate surface area is 221 Å². The number of rotatable bonds is 8. The SMILES string of the molecule is CCCCc1[nH]c(=O)c(S(=O)(=O)c2ccc(-n3cc(C)ccc3=O)cc2)c(O)c1N(C)c1cccc(C)c1. The second kappa shape index (κ2) is 10.7. The summed E-state index contributed by atoms with van der Waals surface area (Å²) in [5.74, 6) is -0.595. The molecule has 0 atom stereocenters. The van der Waals surface area contributed by atoms with Crippen molar-refractivity contribution in [1.82, 2.24) is 9.55 Å². The number of aromatic nitrogens is 2. The molecule has 2 heterocycles. The number of pyridine rings is 2. The maximum atomic E-state index is 13.7. The highest BCUT2D eigenvalue weighted by Gasteiger charge is 2.31. The number of nitrogens with zero attached hydrogens (tertiary/aromatic N) is 2. The topological polar surface area (TPSA) is 112 Å². The van der Waals surface area contributed by atoms with E-state index in [2.05, 4.69) is 4.98 Å². The molecule has 0 amide bonds. The number of aromatic hydroxyl groups is 1. The molecule has 9 heteroatoms. The Bertz CT molecular complexity index is 1700. The Balaban J connectivity index is 1.85. The van der Waals surface area contributed by atoms with Crippen LogP contribution >= 0.6 is 0 Å². The van der Waals surface area contributed by atoms with Gasteiger partial charge in [-0.1, -0.05) is 31.5 Å².